The number of para-hydroxylation sites is 2. The van der Waals surface area contributed by atoms with E-state index >= 15 is 0 Å². The molecule has 2 heterocycles. The first kappa shape index (κ1) is 20.9. The van der Waals surface area contributed by atoms with Crippen molar-refractivity contribution in [3.8, 4) is 5.75 Å². The summed E-state index contributed by atoms with van der Waals surface area (Å²) in [4.78, 5) is 18.8. The van der Waals surface area contributed by atoms with E-state index in [2.05, 4.69) is 18.8 Å². The number of amidine groups is 1. The fourth-order valence-corrected chi connectivity index (χ4v) is 7.77. The highest BCUT2D eigenvalue weighted by molar-refractivity contribution is 8.16. The number of sulfone groups is 1. The third-order valence-corrected chi connectivity index (χ3v) is 8.42. The lowest BCUT2D eigenvalue weighted by Gasteiger charge is -2.28. The minimum Gasteiger partial charge on any atom is -0.484 e. The van der Waals surface area contributed by atoms with Gasteiger partial charge in [0.1, 0.15) is 5.75 Å². The second-order valence-electron chi connectivity index (χ2n) is 7.77. The van der Waals surface area contributed by atoms with E-state index < -0.39 is 15.7 Å². The Morgan fingerprint density at radius 3 is 2.57 bits per heavy atom. The van der Waals surface area contributed by atoms with Crippen LogP contribution in [0.1, 0.15) is 25.3 Å². The molecule has 2 aromatic rings. The first-order chi connectivity index (χ1) is 14.3. The van der Waals surface area contributed by atoms with Gasteiger partial charge in [-0.3, -0.25) is 4.79 Å². The Morgan fingerprint density at radius 2 is 1.83 bits per heavy atom. The highest BCUT2D eigenvalue weighted by Crippen LogP contribution is 2.43. The van der Waals surface area contributed by atoms with Crippen molar-refractivity contribution in [1.82, 2.24) is 0 Å². The molecule has 2 aromatic carbocycles. The maximum absolute atomic E-state index is 12.5. The van der Waals surface area contributed by atoms with Crippen molar-refractivity contribution < 1.29 is 17.9 Å². The van der Waals surface area contributed by atoms with Gasteiger partial charge in [-0.1, -0.05) is 62.0 Å². The van der Waals surface area contributed by atoms with Gasteiger partial charge in [0.2, 0.25) is 0 Å². The van der Waals surface area contributed by atoms with Gasteiger partial charge in [-0.2, -0.15) is 4.99 Å². The Balaban J connectivity index is 1.63. The summed E-state index contributed by atoms with van der Waals surface area (Å²) in [5.74, 6) is 0.647. The van der Waals surface area contributed by atoms with E-state index in [4.69, 9.17) is 4.74 Å². The van der Waals surface area contributed by atoms with Gasteiger partial charge in [0.05, 0.1) is 17.5 Å². The number of rotatable bonds is 5. The predicted molar refractivity (Wildman–Crippen MR) is 121 cm³/mol. The molecule has 158 valence electrons. The Hall–Kier alpha value is -2.32. The first-order valence-electron chi connectivity index (χ1n) is 9.88. The molecule has 0 spiro atoms. The van der Waals surface area contributed by atoms with Crippen LogP contribution in [0.15, 0.2) is 59.6 Å². The maximum Gasteiger partial charge on any atom is 0.285 e. The molecule has 8 heteroatoms. The van der Waals surface area contributed by atoms with Crippen LogP contribution in [0.5, 0.6) is 5.75 Å². The highest BCUT2D eigenvalue weighted by atomic mass is 32.2. The molecule has 2 fully saturated rings. The lowest BCUT2D eigenvalue weighted by molar-refractivity contribution is -0.119. The van der Waals surface area contributed by atoms with Gasteiger partial charge in [0, 0.05) is 10.9 Å². The zero-order valence-electron chi connectivity index (χ0n) is 16.9. The standard InChI is InChI=1S/C22H24N2O4S2/c1-15(2)17-10-6-7-11-18(17)24-19-13-30(26,27)14-20(19)29-22(24)23-21(25)12-28-16-8-4-3-5-9-16/h3-11,15,19-20H,12-14H2,1-2H3/t19-,20-/m1/s1. The molecule has 0 N–H and O–H groups in total. The molecule has 0 saturated carbocycles. The lowest BCUT2D eigenvalue weighted by Crippen LogP contribution is -2.38. The number of benzene rings is 2. The third kappa shape index (κ3) is 4.39. The van der Waals surface area contributed by atoms with Crippen LogP contribution in [0.3, 0.4) is 0 Å². The number of hydrogen-bond donors (Lipinski definition) is 0. The molecule has 2 atom stereocenters. The van der Waals surface area contributed by atoms with Crippen molar-refractivity contribution >= 4 is 38.4 Å². The topological polar surface area (TPSA) is 76.0 Å². The molecular formula is C22H24N2O4S2. The van der Waals surface area contributed by atoms with E-state index in [0.717, 1.165) is 11.3 Å². The van der Waals surface area contributed by atoms with Crippen LogP contribution in [0.2, 0.25) is 0 Å². The number of aliphatic imine (C=N–C) groups is 1. The Labute approximate surface area is 181 Å². The minimum absolute atomic E-state index is 0.0742. The van der Waals surface area contributed by atoms with Gasteiger partial charge in [-0.25, -0.2) is 8.42 Å². The highest BCUT2D eigenvalue weighted by Gasteiger charge is 2.49. The van der Waals surface area contributed by atoms with Gasteiger partial charge in [0.15, 0.2) is 21.6 Å². The molecule has 0 bridgehead atoms. The fourth-order valence-electron chi connectivity index (χ4n) is 3.84. The van der Waals surface area contributed by atoms with E-state index in [-0.39, 0.29) is 35.3 Å². The molecule has 2 saturated heterocycles. The lowest BCUT2D eigenvalue weighted by atomic mass is 9.99. The molecule has 0 radical (unpaired) electrons. The number of nitrogens with zero attached hydrogens (tertiary/aromatic N) is 2. The van der Waals surface area contributed by atoms with Crippen LogP contribution < -0.4 is 9.64 Å². The molecule has 6 nitrogen and oxygen atoms in total. The largest absolute Gasteiger partial charge is 0.484 e. The van der Waals surface area contributed by atoms with Crippen molar-refractivity contribution in [2.75, 3.05) is 23.0 Å². The number of thioether (sulfide) groups is 1. The van der Waals surface area contributed by atoms with Crippen molar-refractivity contribution in [3.05, 3.63) is 60.2 Å². The van der Waals surface area contributed by atoms with Crippen LogP contribution in [0.4, 0.5) is 5.69 Å². The van der Waals surface area contributed by atoms with Gasteiger partial charge in [-0.15, -0.1) is 0 Å². The number of amides is 1. The molecule has 0 unspecified atom stereocenters. The SMILES string of the molecule is CC(C)c1ccccc1N1C(=NC(=O)COc2ccccc2)S[C@@H]2CS(=O)(=O)C[C@H]21. The van der Waals surface area contributed by atoms with E-state index in [1.54, 1.807) is 12.1 Å². The van der Waals surface area contributed by atoms with Crippen LogP contribution in [-0.4, -0.2) is 48.9 Å². The molecule has 4 rings (SSSR count). The van der Waals surface area contributed by atoms with Crippen LogP contribution in [0, 0.1) is 0 Å². The first-order valence-corrected chi connectivity index (χ1v) is 12.6. The molecule has 2 aliphatic rings. The summed E-state index contributed by atoms with van der Waals surface area (Å²) in [6.45, 7) is 4.03. The average Bonchev–Trinajstić information content (AvgIpc) is 3.17. The maximum atomic E-state index is 12.5. The Kier molecular flexibility index (Phi) is 5.88. The van der Waals surface area contributed by atoms with Gasteiger partial charge in [-0.05, 0) is 29.7 Å². The summed E-state index contributed by atoms with van der Waals surface area (Å²) in [6, 6.07) is 16.8. The smallest absolute Gasteiger partial charge is 0.285 e. The summed E-state index contributed by atoms with van der Waals surface area (Å²) in [7, 11) is -3.10. The summed E-state index contributed by atoms with van der Waals surface area (Å²) in [6.07, 6.45) is 0. The Morgan fingerprint density at radius 1 is 1.13 bits per heavy atom. The minimum atomic E-state index is -3.10. The number of anilines is 1. The van der Waals surface area contributed by atoms with Crippen molar-refractivity contribution in [1.29, 1.82) is 0 Å². The van der Waals surface area contributed by atoms with E-state index in [9.17, 15) is 13.2 Å². The number of carbonyl (C=O) groups is 1. The molecule has 30 heavy (non-hydrogen) atoms. The summed E-state index contributed by atoms with van der Waals surface area (Å²) >= 11 is 1.38. The van der Waals surface area contributed by atoms with Gasteiger partial charge < -0.3 is 9.64 Å². The zero-order chi connectivity index (χ0) is 21.3. The zero-order valence-corrected chi connectivity index (χ0v) is 18.5. The van der Waals surface area contributed by atoms with Crippen LogP contribution in [0.25, 0.3) is 0 Å². The normalized spacial score (nSPS) is 23.7. The average molecular weight is 445 g/mol. The van der Waals surface area contributed by atoms with Crippen molar-refractivity contribution in [2.24, 2.45) is 4.99 Å². The second kappa shape index (κ2) is 8.43. The van der Waals surface area contributed by atoms with Gasteiger partial charge >= 0.3 is 0 Å². The van der Waals surface area contributed by atoms with Crippen molar-refractivity contribution in [2.45, 2.75) is 31.1 Å². The molecule has 0 aromatic heterocycles. The number of carbonyl (C=O) groups excluding carboxylic acids is 1. The summed E-state index contributed by atoms with van der Waals surface area (Å²) in [5, 5.41) is 0.423. The molecule has 0 aliphatic carbocycles. The van der Waals surface area contributed by atoms with Gasteiger partial charge in [0.25, 0.3) is 5.91 Å². The number of fused-ring (bicyclic) bond motifs is 1. The number of ether oxygens (including phenoxy) is 1. The van der Waals surface area contributed by atoms with Crippen molar-refractivity contribution in [3.63, 3.8) is 0 Å². The van der Waals surface area contributed by atoms with E-state index in [1.807, 2.05) is 47.4 Å². The fraction of sp³-hybridized carbons (Fsp3) is 0.364. The van der Waals surface area contributed by atoms with E-state index in [1.165, 1.54) is 11.8 Å². The monoisotopic (exact) mass is 444 g/mol. The quantitative estimate of drug-likeness (QED) is 0.703. The number of hydrogen-bond acceptors (Lipinski definition) is 5. The van der Waals surface area contributed by atoms with Crippen LogP contribution in [-0.2, 0) is 14.6 Å². The third-order valence-electron chi connectivity index (χ3n) is 5.21. The Bertz CT molecular complexity index is 1070. The van der Waals surface area contributed by atoms with Crippen LogP contribution >= 0.6 is 11.8 Å². The van der Waals surface area contributed by atoms with E-state index in [0.29, 0.717) is 10.9 Å². The predicted octanol–water partition coefficient (Wildman–Crippen LogP) is 3.49. The second-order valence-corrected chi connectivity index (χ2v) is 11.1. The molecule has 2 aliphatic heterocycles. The summed E-state index contributed by atoms with van der Waals surface area (Å²) in [5.41, 5.74) is 2.02. The molecular weight excluding hydrogens is 420 g/mol. The summed E-state index contributed by atoms with van der Waals surface area (Å²) < 4.78 is 30.1. The molecule has 1 amide bonds.